The zero-order valence-corrected chi connectivity index (χ0v) is 16.7. The van der Waals surface area contributed by atoms with Crippen LogP contribution in [0.15, 0.2) is 46.9 Å². The highest BCUT2D eigenvalue weighted by Crippen LogP contribution is 2.29. The zero-order valence-electron chi connectivity index (χ0n) is 15.9. The van der Waals surface area contributed by atoms with Crippen LogP contribution < -0.4 is 5.32 Å². The fourth-order valence-corrected chi connectivity index (χ4v) is 4.21. The van der Waals surface area contributed by atoms with Gasteiger partial charge in [0, 0.05) is 24.6 Å². The van der Waals surface area contributed by atoms with E-state index in [-0.39, 0.29) is 12.4 Å². The van der Waals surface area contributed by atoms with Gasteiger partial charge in [0.25, 0.3) is 0 Å². The first kappa shape index (κ1) is 19.2. The van der Waals surface area contributed by atoms with E-state index in [1.165, 1.54) is 5.82 Å². The van der Waals surface area contributed by atoms with Crippen molar-refractivity contribution in [2.45, 2.75) is 38.4 Å². The van der Waals surface area contributed by atoms with Crippen LogP contribution in [-0.4, -0.2) is 39.3 Å². The molecular weight excluding hydrogens is 374 g/mol. The molecule has 0 bridgehead atoms. The van der Waals surface area contributed by atoms with E-state index in [0.29, 0.717) is 5.92 Å². The highest BCUT2D eigenvalue weighted by atomic mass is 35.5. The van der Waals surface area contributed by atoms with Gasteiger partial charge in [-0.25, -0.2) is 0 Å². The second-order valence-electron chi connectivity index (χ2n) is 7.49. The van der Waals surface area contributed by atoms with E-state index in [1.54, 1.807) is 0 Å². The Labute approximate surface area is 171 Å². The van der Waals surface area contributed by atoms with Gasteiger partial charge in [-0.15, -0.1) is 22.6 Å². The molecule has 7 heteroatoms. The number of hydrogen-bond acceptors (Lipinski definition) is 5. The van der Waals surface area contributed by atoms with Crippen LogP contribution in [0.5, 0.6) is 0 Å². The third kappa shape index (κ3) is 3.85. The summed E-state index contributed by atoms with van der Waals surface area (Å²) in [7, 11) is 0. The number of likely N-dealkylation sites (tertiary alicyclic amines) is 1. The lowest BCUT2D eigenvalue weighted by atomic mass is 9.95. The third-order valence-corrected chi connectivity index (χ3v) is 5.70. The number of fused-ring (bicyclic) bond motifs is 1. The Morgan fingerprint density at radius 2 is 1.82 bits per heavy atom. The summed E-state index contributed by atoms with van der Waals surface area (Å²) < 4.78 is 8.40. The molecule has 0 atom stereocenters. The van der Waals surface area contributed by atoms with Gasteiger partial charge in [-0.3, -0.25) is 4.90 Å². The number of rotatable bonds is 4. The first-order valence-corrected chi connectivity index (χ1v) is 9.86. The summed E-state index contributed by atoms with van der Waals surface area (Å²) in [4.78, 5) is 2.49. The Balaban J connectivity index is 0.00000192. The maximum Gasteiger partial charge on any atom is 0.147 e. The van der Waals surface area contributed by atoms with E-state index >= 15 is 0 Å². The second-order valence-corrected chi connectivity index (χ2v) is 7.49. The Morgan fingerprint density at radius 1 is 1.00 bits per heavy atom. The van der Waals surface area contributed by atoms with Crippen molar-refractivity contribution in [2.75, 3.05) is 19.6 Å². The number of benzene rings is 1. The van der Waals surface area contributed by atoms with E-state index in [1.807, 2.05) is 18.2 Å². The molecule has 0 radical (unpaired) electrons. The van der Waals surface area contributed by atoms with Gasteiger partial charge in [0.05, 0.1) is 13.1 Å². The fourth-order valence-electron chi connectivity index (χ4n) is 4.21. The molecule has 1 saturated heterocycles. The van der Waals surface area contributed by atoms with Gasteiger partial charge in [0.2, 0.25) is 0 Å². The van der Waals surface area contributed by atoms with Crippen molar-refractivity contribution in [3.8, 4) is 11.3 Å². The Morgan fingerprint density at radius 3 is 2.64 bits per heavy atom. The molecule has 2 aromatic heterocycles. The van der Waals surface area contributed by atoms with Crippen LogP contribution in [0.1, 0.15) is 36.2 Å². The molecule has 148 valence electrons. The lowest BCUT2D eigenvalue weighted by molar-refractivity contribution is 0.187. The first-order chi connectivity index (χ1) is 13.4. The molecule has 3 aromatic rings. The smallest absolute Gasteiger partial charge is 0.147 e. The largest absolute Gasteiger partial charge is 0.460 e. The van der Waals surface area contributed by atoms with Crippen LogP contribution in [0, 0.1) is 0 Å². The van der Waals surface area contributed by atoms with Crippen molar-refractivity contribution in [1.82, 2.24) is 25.0 Å². The number of nitrogens with one attached hydrogen (secondary N) is 1. The summed E-state index contributed by atoms with van der Waals surface area (Å²) in [5.41, 5.74) is 1.13. The van der Waals surface area contributed by atoms with Crippen LogP contribution >= 0.6 is 12.4 Å². The van der Waals surface area contributed by atoms with Crippen molar-refractivity contribution in [1.29, 1.82) is 0 Å². The minimum Gasteiger partial charge on any atom is -0.460 e. The van der Waals surface area contributed by atoms with Crippen LogP contribution in [0.4, 0.5) is 0 Å². The molecule has 1 aromatic carbocycles. The van der Waals surface area contributed by atoms with E-state index in [0.717, 1.165) is 75.0 Å². The molecule has 0 aliphatic carbocycles. The fraction of sp³-hybridized carbons (Fsp3) is 0.429. The topological polar surface area (TPSA) is 59.1 Å². The molecule has 4 heterocycles. The SMILES string of the molecule is Cl.c1ccc(-c2ccc(CN3CCC(c4nnc5n4CCNC5)CC3)o2)cc1. The summed E-state index contributed by atoms with van der Waals surface area (Å²) in [6.07, 6.45) is 2.27. The van der Waals surface area contributed by atoms with Crippen molar-refractivity contribution in [3.05, 3.63) is 59.9 Å². The molecule has 0 amide bonds. The molecule has 1 N–H and O–H groups in total. The predicted molar refractivity (Wildman–Crippen MR) is 110 cm³/mol. The van der Waals surface area contributed by atoms with Gasteiger partial charge in [0.1, 0.15) is 23.2 Å². The highest BCUT2D eigenvalue weighted by Gasteiger charge is 2.27. The average molecular weight is 400 g/mol. The maximum absolute atomic E-state index is 6.07. The molecule has 0 saturated carbocycles. The van der Waals surface area contributed by atoms with Crippen LogP contribution in [0.3, 0.4) is 0 Å². The number of furan rings is 1. The van der Waals surface area contributed by atoms with E-state index < -0.39 is 0 Å². The van der Waals surface area contributed by atoms with Gasteiger partial charge in [-0.2, -0.15) is 0 Å². The van der Waals surface area contributed by atoms with Crippen molar-refractivity contribution in [2.24, 2.45) is 0 Å². The van der Waals surface area contributed by atoms with Gasteiger partial charge < -0.3 is 14.3 Å². The van der Waals surface area contributed by atoms with Crippen LogP contribution in [-0.2, 0) is 19.6 Å². The van der Waals surface area contributed by atoms with E-state index in [2.05, 4.69) is 49.2 Å². The summed E-state index contributed by atoms with van der Waals surface area (Å²) in [6.45, 7) is 5.88. The Kier molecular flexibility index (Phi) is 5.80. The standard InChI is InChI=1S/C21H25N5O.ClH/c1-2-4-16(5-3-1)19-7-6-18(27-19)15-25-11-8-17(9-12-25)21-24-23-20-14-22-10-13-26(20)21;/h1-7,17,22H,8-15H2;1H. The molecular formula is C21H26ClN5O. The first-order valence-electron chi connectivity index (χ1n) is 9.86. The molecule has 5 rings (SSSR count). The Bertz CT molecular complexity index is 899. The molecule has 28 heavy (non-hydrogen) atoms. The average Bonchev–Trinajstić information content (AvgIpc) is 3.37. The normalized spacial score (nSPS) is 17.9. The molecule has 0 spiro atoms. The third-order valence-electron chi connectivity index (χ3n) is 5.70. The van der Waals surface area contributed by atoms with Gasteiger partial charge in [0.15, 0.2) is 0 Å². The van der Waals surface area contributed by atoms with Crippen molar-refractivity contribution in [3.63, 3.8) is 0 Å². The lowest BCUT2D eigenvalue weighted by Gasteiger charge is -2.31. The van der Waals surface area contributed by atoms with Crippen LogP contribution in [0.2, 0.25) is 0 Å². The van der Waals surface area contributed by atoms with Crippen molar-refractivity contribution >= 4 is 12.4 Å². The molecule has 2 aliphatic heterocycles. The number of halogens is 1. The minimum absolute atomic E-state index is 0. The second kappa shape index (κ2) is 8.47. The monoisotopic (exact) mass is 399 g/mol. The lowest BCUT2D eigenvalue weighted by Crippen LogP contribution is -2.34. The van der Waals surface area contributed by atoms with Crippen LogP contribution in [0.25, 0.3) is 11.3 Å². The van der Waals surface area contributed by atoms with E-state index in [4.69, 9.17) is 4.42 Å². The summed E-state index contributed by atoms with van der Waals surface area (Å²) >= 11 is 0. The maximum atomic E-state index is 6.07. The molecule has 0 unspecified atom stereocenters. The Hall–Kier alpha value is -2.15. The molecule has 1 fully saturated rings. The number of hydrogen-bond donors (Lipinski definition) is 1. The number of piperidine rings is 1. The predicted octanol–water partition coefficient (Wildman–Crippen LogP) is 3.44. The van der Waals surface area contributed by atoms with Gasteiger partial charge in [-0.05, 0) is 38.1 Å². The van der Waals surface area contributed by atoms with E-state index in [9.17, 15) is 0 Å². The molecule has 6 nitrogen and oxygen atoms in total. The molecule has 2 aliphatic rings. The van der Waals surface area contributed by atoms with Gasteiger partial charge >= 0.3 is 0 Å². The van der Waals surface area contributed by atoms with Crippen molar-refractivity contribution < 1.29 is 4.42 Å². The quantitative estimate of drug-likeness (QED) is 0.728. The van der Waals surface area contributed by atoms with Gasteiger partial charge in [-0.1, -0.05) is 30.3 Å². The minimum atomic E-state index is 0. The highest BCUT2D eigenvalue weighted by molar-refractivity contribution is 5.85. The zero-order chi connectivity index (χ0) is 18.1. The number of aromatic nitrogens is 3. The summed E-state index contributed by atoms with van der Waals surface area (Å²) in [5, 5.41) is 12.2. The number of nitrogens with zero attached hydrogens (tertiary/aromatic N) is 4. The summed E-state index contributed by atoms with van der Waals surface area (Å²) in [6, 6.07) is 14.5. The summed E-state index contributed by atoms with van der Waals surface area (Å²) in [5.74, 6) is 4.79.